The Morgan fingerprint density at radius 1 is 1.47 bits per heavy atom. The van der Waals surface area contributed by atoms with Gasteiger partial charge in [-0.15, -0.1) is 0 Å². The van der Waals surface area contributed by atoms with Gasteiger partial charge in [-0.25, -0.2) is 4.98 Å². The zero-order valence-corrected chi connectivity index (χ0v) is 12.1. The van der Waals surface area contributed by atoms with Gasteiger partial charge in [0, 0.05) is 12.2 Å². The molecule has 1 aromatic heterocycles. The van der Waals surface area contributed by atoms with Gasteiger partial charge in [0.05, 0.1) is 11.1 Å². The molecule has 1 aromatic rings. The lowest BCUT2D eigenvalue weighted by atomic mass is 9.89. The van der Waals surface area contributed by atoms with Gasteiger partial charge in [-0.1, -0.05) is 25.4 Å². The molecule has 0 amide bonds. The molecule has 0 atom stereocenters. The van der Waals surface area contributed by atoms with Gasteiger partial charge in [-0.05, 0) is 43.2 Å². The van der Waals surface area contributed by atoms with E-state index in [1.807, 2.05) is 12.3 Å². The molecule has 3 heterocycles. The normalized spacial score (nSPS) is 29.0. The topological polar surface area (TPSA) is 39.9 Å². The second-order valence-electron chi connectivity index (χ2n) is 5.97. The molecule has 2 bridgehead atoms. The molecule has 2 aliphatic heterocycles. The lowest BCUT2D eigenvalue weighted by molar-refractivity contribution is 0.504. The molecule has 0 N–H and O–H groups in total. The third-order valence-corrected chi connectivity index (χ3v) is 4.83. The predicted octanol–water partition coefficient (Wildman–Crippen LogP) is 3.88. The van der Waals surface area contributed by atoms with E-state index in [1.54, 1.807) is 0 Å². The molecule has 19 heavy (non-hydrogen) atoms. The molecule has 0 radical (unpaired) electrons. The standard InChI is InChI=1S/C15H18ClN3/c1-10(2)11-7-13(16)14(18-8-11)19-12-3-5-15(19,9-17)6-4-12/h7-8,10,12H,3-6H2,1-2H3. The summed E-state index contributed by atoms with van der Waals surface area (Å²) in [4.78, 5) is 6.74. The highest BCUT2D eigenvalue weighted by Crippen LogP contribution is 2.49. The lowest BCUT2D eigenvalue weighted by Crippen LogP contribution is -2.40. The Hall–Kier alpha value is -1.27. The van der Waals surface area contributed by atoms with E-state index in [-0.39, 0.29) is 5.54 Å². The Balaban J connectivity index is 2.02. The highest BCUT2D eigenvalue weighted by Gasteiger charge is 2.53. The summed E-state index contributed by atoms with van der Waals surface area (Å²) in [6, 6.07) is 4.95. The van der Waals surface area contributed by atoms with Crippen LogP contribution >= 0.6 is 11.6 Å². The molecule has 0 aliphatic carbocycles. The van der Waals surface area contributed by atoms with Gasteiger partial charge in [0.2, 0.25) is 0 Å². The number of halogens is 1. The SMILES string of the molecule is CC(C)c1cnc(N2C3CCC2(C#N)CC3)c(Cl)c1. The molecule has 0 spiro atoms. The van der Waals surface area contributed by atoms with Crippen LogP contribution in [0.3, 0.4) is 0 Å². The largest absolute Gasteiger partial charge is 0.334 e. The molecule has 2 saturated heterocycles. The van der Waals surface area contributed by atoms with Crippen LogP contribution in [0.2, 0.25) is 5.02 Å². The fourth-order valence-electron chi connectivity index (χ4n) is 3.41. The number of aromatic nitrogens is 1. The Kier molecular flexibility index (Phi) is 2.94. The average Bonchev–Trinajstić information content (AvgIpc) is 2.94. The van der Waals surface area contributed by atoms with Gasteiger partial charge in [0.25, 0.3) is 0 Å². The monoisotopic (exact) mass is 275 g/mol. The van der Waals surface area contributed by atoms with Crippen LogP contribution in [0, 0.1) is 11.3 Å². The van der Waals surface area contributed by atoms with Gasteiger partial charge >= 0.3 is 0 Å². The van der Waals surface area contributed by atoms with E-state index in [9.17, 15) is 5.26 Å². The van der Waals surface area contributed by atoms with Crippen molar-refractivity contribution >= 4 is 17.4 Å². The smallest absolute Gasteiger partial charge is 0.148 e. The lowest BCUT2D eigenvalue weighted by Gasteiger charge is -2.30. The highest BCUT2D eigenvalue weighted by molar-refractivity contribution is 6.33. The molecule has 0 aromatic carbocycles. The summed E-state index contributed by atoms with van der Waals surface area (Å²) in [7, 11) is 0. The molecular formula is C15H18ClN3. The van der Waals surface area contributed by atoms with Crippen molar-refractivity contribution in [3.05, 3.63) is 22.8 Å². The highest BCUT2D eigenvalue weighted by atomic mass is 35.5. The number of nitriles is 1. The molecule has 4 heteroatoms. The summed E-state index contributed by atoms with van der Waals surface area (Å²) in [5, 5.41) is 10.2. The van der Waals surface area contributed by atoms with Gasteiger partial charge in [-0.2, -0.15) is 5.26 Å². The summed E-state index contributed by atoms with van der Waals surface area (Å²) in [6.45, 7) is 4.26. The summed E-state index contributed by atoms with van der Waals surface area (Å²) < 4.78 is 0. The fourth-order valence-corrected chi connectivity index (χ4v) is 3.67. The zero-order chi connectivity index (χ0) is 13.6. The van der Waals surface area contributed by atoms with Gasteiger partial charge in [-0.3, -0.25) is 0 Å². The van der Waals surface area contributed by atoms with E-state index >= 15 is 0 Å². The molecule has 0 saturated carbocycles. The van der Waals surface area contributed by atoms with Crippen molar-refractivity contribution in [2.45, 2.75) is 57.0 Å². The number of nitrogens with zero attached hydrogens (tertiary/aromatic N) is 3. The van der Waals surface area contributed by atoms with Crippen LogP contribution in [0.15, 0.2) is 12.3 Å². The second kappa shape index (κ2) is 4.38. The number of rotatable bonds is 2. The maximum atomic E-state index is 9.55. The first-order valence-corrected chi connectivity index (χ1v) is 7.31. The first-order valence-electron chi connectivity index (χ1n) is 6.93. The van der Waals surface area contributed by atoms with E-state index in [1.165, 1.54) is 0 Å². The molecule has 2 fully saturated rings. The summed E-state index contributed by atoms with van der Waals surface area (Å²) in [5.74, 6) is 1.21. The van der Waals surface area contributed by atoms with Crippen molar-refractivity contribution in [3.8, 4) is 6.07 Å². The van der Waals surface area contributed by atoms with Gasteiger partial charge in [0.15, 0.2) is 0 Å². The third kappa shape index (κ3) is 1.81. The minimum absolute atomic E-state index is 0.360. The van der Waals surface area contributed by atoms with E-state index in [0.717, 1.165) is 37.1 Å². The van der Waals surface area contributed by atoms with Crippen molar-refractivity contribution in [1.82, 2.24) is 4.98 Å². The van der Waals surface area contributed by atoms with Crippen molar-refractivity contribution < 1.29 is 0 Å². The zero-order valence-electron chi connectivity index (χ0n) is 11.4. The van der Waals surface area contributed by atoms with E-state index in [0.29, 0.717) is 17.0 Å². The fraction of sp³-hybridized carbons (Fsp3) is 0.600. The number of anilines is 1. The molecule has 3 rings (SSSR count). The Bertz CT molecular complexity index is 539. The quantitative estimate of drug-likeness (QED) is 0.822. The first kappa shape index (κ1) is 12.7. The number of pyridine rings is 1. The van der Waals surface area contributed by atoms with Gasteiger partial charge < -0.3 is 4.90 Å². The number of hydrogen-bond acceptors (Lipinski definition) is 3. The summed E-state index contributed by atoms with van der Waals surface area (Å²) in [6.07, 6.45) is 5.94. The van der Waals surface area contributed by atoms with Crippen molar-refractivity contribution in [2.75, 3.05) is 4.90 Å². The van der Waals surface area contributed by atoms with Crippen LogP contribution in [0.4, 0.5) is 5.82 Å². The van der Waals surface area contributed by atoms with Crippen LogP contribution in [-0.2, 0) is 0 Å². The minimum atomic E-state index is -0.360. The summed E-state index contributed by atoms with van der Waals surface area (Å²) >= 11 is 6.42. The minimum Gasteiger partial charge on any atom is -0.334 e. The van der Waals surface area contributed by atoms with Crippen molar-refractivity contribution in [3.63, 3.8) is 0 Å². The maximum absolute atomic E-state index is 9.55. The maximum Gasteiger partial charge on any atom is 0.148 e. The van der Waals surface area contributed by atoms with Crippen LogP contribution < -0.4 is 4.90 Å². The van der Waals surface area contributed by atoms with Crippen LogP contribution in [0.25, 0.3) is 0 Å². The Labute approximate surface area is 119 Å². The second-order valence-corrected chi connectivity index (χ2v) is 6.38. The van der Waals surface area contributed by atoms with Crippen molar-refractivity contribution in [1.29, 1.82) is 5.26 Å². The first-order chi connectivity index (χ1) is 9.07. The molecule has 100 valence electrons. The van der Waals surface area contributed by atoms with E-state index < -0.39 is 0 Å². The van der Waals surface area contributed by atoms with Crippen LogP contribution in [0.5, 0.6) is 0 Å². The van der Waals surface area contributed by atoms with Gasteiger partial charge in [0.1, 0.15) is 11.4 Å². The van der Waals surface area contributed by atoms with Crippen LogP contribution in [-0.4, -0.2) is 16.6 Å². The van der Waals surface area contributed by atoms with E-state index in [4.69, 9.17) is 11.6 Å². The Morgan fingerprint density at radius 2 is 2.16 bits per heavy atom. The molecule has 3 nitrogen and oxygen atoms in total. The summed E-state index contributed by atoms with van der Waals surface area (Å²) in [5.41, 5.74) is 0.784. The van der Waals surface area contributed by atoms with Crippen LogP contribution in [0.1, 0.15) is 51.0 Å². The molecule has 2 aliphatic rings. The van der Waals surface area contributed by atoms with E-state index in [2.05, 4.69) is 29.8 Å². The average molecular weight is 276 g/mol. The number of fused-ring (bicyclic) bond motifs is 2. The number of hydrogen-bond donors (Lipinski definition) is 0. The molecule has 0 unspecified atom stereocenters. The predicted molar refractivity (Wildman–Crippen MR) is 76.4 cm³/mol. The Morgan fingerprint density at radius 3 is 2.68 bits per heavy atom. The third-order valence-electron chi connectivity index (χ3n) is 4.55. The molecular weight excluding hydrogens is 258 g/mol. The van der Waals surface area contributed by atoms with Crippen molar-refractivity contribution in [2.24, 2.45) is 0 Å².